The van der Waals surface area contributed by atoms with Crippen LogP contribution in [0.1, 0.15) is 5.56 Å². The third kappa shape index (κ3) is 7.10. The molecule has 89 heavy (non-hydrogen) atoms. The van der Waals surface area contributed by atoms with E-state index in [0.29, 0.717) is 72.4 Å². The maximum Gasteiger partial charge on any atom is 0.145 e. The van der Waals surface area contributed by atoms with Crippen molar-refractivity contribution < 1.29 is 4.42 Å². The minimum absolute atomic E-state index is 0.0279. The highest BCUT2D eigenvalue weighted by Crippen LogP contribution is 2.52. The van der Waals surface area contributed by atoms with Crippen LogP contribution in [0.15, 0.2) is 205 Å². The first-order valence-corrected chi connectivity index (χ1v) is 28.9. The summed E-state index contributed by atoms with van der Waals surface area (Å²) >= 11 is 0. The van der Waals surface area contributed by atoms with Gasteiger partial charge in [0.25, 0.3) is 0 Å². The molecule has 0 bridgehead atoms. The zero-order chi connectivity index (χ0) is 60.6. The molecule has 20 radical (unpaired) electrons. The normalized spacial score (nSPS) is 12.0. The molecule has 5 heterocycles. The number of rotatable bonds is 6. The molecule has 0 N–H and O–H groups in total. The van der Waals surface area contributed by atoms with E-state index in [1.807, 2.05) is 115 Å². The molecule has 0 unspecified atom stereocenters. The maximum atomic E-state index is 13.1. The number of nitriles is 1. The molecule has 0 spiro atoms. The molecule has 16 heteroatoms. The first kappa shape index (κ1) is 53.1. The van der Waals surface area contributed by atoms with E-state index in [1.165, 1.54) is 0 Å². The van der Waals surface area contributed by atoms with Gasteiger partial charge in [0.15, 0.2) is 0 Å². The van der Waals surface area contributed by atoms with Gasteiger partial charge in [-0.15, -0.1) is 32.8 Å². The minimum atomic E-state index is 0.0279. The second-order valence-corrected chi connectivity index (χ2v) is 22.8. The smallest absolute Gasteiger partial charge is 0.145 e. The van der Waals surface area contributed by atoms with Gasteiger partial charge >= 0.3 is 0 Å². The number of fused-ring (bicyclic) bond motifs is 16. The third-order valence-corrected chi connectivity index (χ3v) is 18.4. The first-order chi connectivity index (χ1) is 43.4. The Morgan fingerprint density at radius 1 is 0.281 bits per heavy atom. The average molecular weight is 1100 g/mol. The molecule has 6 nitrogen and oxygen atoms in total. The molecular weight excluding hydrogens is 1070 g/mol. The summed E-state index contributed by atoms with van der Waals surface area (Å²) in [6.07, 6.45) is 0. The highest BCUT2D eigenvalue weighted by molar-refractivity contribution is 6.70. The van der Waals surface area contributed by atoms with Crippen LogP contribution in [0.25, 0.3) is 154 Å². The van der Waals surface area contributed by atoms with Gasteiger partial charge in [-0.3, -0.25) is 0 Å². The maximum absolute atomic E-state index is 13.1. The van der Waals surface area contributed by atoms with Crippen LogP contribution >= 0.6 is 0 Å². The molecule has 0 fully saturated rings. The van der Waals surface area contributed by atoms with Gasteiger partial charge in [0, 0.05) is 54.0 Å². The molecule has 386 valence electrons. The van der Waals surface area contributed by atoms with Gasteiger partial charge < -0.3 is 22.7 Å². The summed E-state index contributed by atoms with van der Waals surface area (Å²) < 4.78 is 15.9. The van der Waals surface area contributed by atoms with Crippen LogP contribution in [0.4, 0.5) is 0 Å². The van der Waals surface area contributed by atoms with E-state index in [-0.39, 0.29) is 65.8 Å². The summed E-state index contributed by atoms with van der Waals surface area (Å²) in [5, 5.41) is 22.0. The largest absolute Gasteiger partial charge is 0.455 e. The summed E-state index contributed by atoms with van der Waals surface area (Å²) in [5.41, 5.74) is 12.3. The van der Waals surface area contributed by atoms with E-state index < -0.39 is 0 Å². The second-order valence-electron chi connectivity index (χ2n) is 22.8. The van der Waals surface area contributed by atoms with E-state index in [4.69, 9.17) is 82.9 Å². The molecule has 0 atom stereocenters. The fourth-order valence-electron chi connectivity index (χ4n) is 14.4. The Hall–Kier alpha value is -10.2. The monoisotopic (exact) mass is 1110 g/mol. The SMILES string of the molecule is [B]c1c([B])c([B])c(-c2ccc3c(c2)c2c4oc5ccccc5c4ccc2n3-c2c(-c3c([B])c([B])c([B])c([B])c3[B])c(-n3c4ccccc4c4ccccc43)c(-n3c4ccccc4c4ccccc43)c(C#N)c2-n2c3ccccc3c3ccccc32)c([B])c1[B]. The third-order valence-electron chi connectivity index (χ3n) is 18.4. The predicted octanol–water partition coefficient (Wildman–Crippen LogP) is 7.12. The zero-order valence-corrected chi connectivity index (χ0v) is 47.5. The highest BCUT2D eigenvalue weighted by Gasteiger charge is 2.37. The van der Waals surface area contributed by atoms with Crippen molar-refractivity contribution in [2.45, 2.75) is 0 Å². The van der Waals surface area contributed by atoms with Crippen molar-refractivity contribution in [3.8, 4) is 51.1 Å². The van der Waals surface area contributed by atoms with Crippen molar-refractivity contribution in [2.75, 3.05) is 0 Å². The fourth-order valence-corrected chi connectivity index (χ4v) is 14.4. The van der Waals surface area contributed by atoms with E-state index in [0.717, 1.165) is 76.2 Å². The molecule has 17 rings (SSSR count). The number of aromatic nitrogens is 4. The Labute approximate surface area is 523 Å². The van der Waals surface area contributed by atoms with Crippen molar-refractivity contribution in [3.05, 3.63) is 206 Å². The number of furan rings is 1. The number of hydrogen-bond donors (Lipinski definition) is 0. The lowest BCUT2D eigenvalue weighted by Gasteiger charge is -2.32. The van der Waals surface area contributed by atoms with Gasteiger partial charge in [-0.1, -0.05) is 155 Å². The van der Waals surface area contributed by atoms with Gasteiger partial charge in [0.2, 0.25) is 0 Å². The predicted molar refractivity (Wildman–Crippen MR) is 381 cm³/mol. The Bertz CT molecular complexity index is 5880. The first-order valence-electron chi connectivity index (χ1n) is 28.9. The van der Waals surface area contributed by atoms with E-state index in [2.05, 4.69) is 109 Å². The Morgan fingerprint density at radius 3 is 1.02 bits per heavy atom. The zero-order valence-electron chi connectivity index (χ0n) is 47.5. The van der Waals surface area contributed by atoms with E-state index >= 15 is 0 Å². The van der Waals surface area contributed by atoms with Gasteiger partial charge in [0.05, 0.1) is 72.3 Å². The second kappa shape index (κ2) is 19.4. The average Bonchev–Trinajstić information content (AvgIpc) is 1.68. The van der Waals surface area contributed by atoms with Gasteiger partial charge in [0.1, 0.15) is 101 Å². The molecule has 0 amide bonds. The van der Waals surface area contributed by atoms with E-state index in [1.54, 1.807) is 0 Å². The molecule has 12 aromatic carbocycles. The topological polar surface area (TPSA) is 56.6 Å². The van der Waals surface area contributed by atoms with Crippen LogP contribution in [0, 0.1) is 11.3 Å². The number of nitrogens with zero attached hydrogens (tertiary/aromatic N) is 5. The Morgan fingerprint density at radius 2 is 0.607 bits per heavy atom. The summed E-state index contributed by atoms with van der Waals surface area (Å²) in [6, 6.07) is 70.5. The molecular formula is C73H33B10N5O. The van der Waals surface area contributed by atoms with E-state index in [9.17, 15) is 5.26 Å². The number of benzene rings is 12. The van der Waals surface area contributed by atoms with Gasteiger partial charge in [-0.2, -0.15) is 5.26 Å². The quantitative estimate of drug-likeness (QED) is 0.167. The van der Waals surface area contributed by atoms with Crippen molar-refractivity contribution >= 4 is 242 Å². The summed E-state index contributed by atoms with van der Waals surface area (Å²) in [7, 11) is 70.3. The van der Waals surface area contributed by atoms with Crippen LogP contribution in [-0.4, -0.2) is 96.7 Å². The fraction of sp³-hybridized carbons (Fsp3) is 0. The van der Waals surface area contributed by atoms with Crippen molar-refractivity contribution in [2.24, 2.45) is 0 Å². The number of para-hydroxylation sites is 7. The summed E-state index contributed by atoms with van der Waals surface area (Å²) in [5.74, 6) is 0. The molecule has 5 aromatic heterocycles. The van der Waals surface area contributed by atoms with Crippen LogP contribution < -0.4 is 54.6 Å². The Kier molecular flexibility index (Phi) is 11.6. The van der Waals surface area contributed by atoms with Crippen LogP contribution in [0.5, 0.6) is 0 Å². The molecule has 0 aliphatic heterocycles. The van der Waals surface area contributed by atoms with Crippen molar-refractivity contribution in [1.82, 2.24) is 18.3 Å². The minimum Gasteiger partial charge on any atom is -0.455 e. The van der Waals surface area contributed by atoms with Crippen LogP contribution in [0.2, 0.25) is 0 Å². The molecule has 17 aromatic rings. The lowest BCUT2D eigenvalue weighted by atomic mass is 9.59. The lowest BCUT2D eigenvalue weighted by Crippen LogP contribution is -2.55. The molecule has 0 aliphatic carbocycles. The van der Waals surface area contributed by atoms with Crippen LogP contribution in [0.3, 0.4) is 0 Å². The van der Waals surface area contributed by atoms with Crippen LogP contribution in [-0.2, 0) is 0 Å². The standard InChI is InChI=1S/C73H33B10N5O/c74-59-55(60(75)64(79)67(82)63(59)78)35-29-31-52-44(33-35)56-53(32-30-43-42-21-7-14-28-54(42)89-73(43)56)88(52)72-58(57-61(76)65(80)68(83)66(81)62(57)77)71(87-50-26-12-5-19-40(50)41-20-6-13-27-51(41)87)69(85-46-22-8-1-15-36(46)37-16-2-9-23-47(37)85)45(34-84)70(72)86-48-24-10-3-17-38(48)39-18-4-11-25-49(39)86/h1-33H. The molecule has 0 saturated carbocycles. The molecule has 0 aliphatic rings. The van der Waals surface area contributed by atoms with Gasteiger partial charge in [-0.25, -0.2) is 0 Å². The summed E-state index contributed by atoms with van der Waals surface area (Å²) in [6.45, 7) is 0. The highest BCUT2D eigenvalue weighted by atomic mass is 16.3. The van der Waals surface area contributed by atoms with Gasteiger partial charge in [-0.05, 0) is 83.4 Å². The molecule has 0 saturated heterocycles. The lowest BCUT2D eigenvalue weighted by molar-refractivity contribution is 0.673. The summed E-state index contributed by atoms with van der Waals surface area (Å²) in [4.78, 5) is 0. The van der Waals surface area contributed by atoms with Crippen molar-refractivity contribution in [3.63, 3.8) is 0 Å². The number of hydrogen-bond acceptors (Lipinski definition) is 2. The Balaban J connectivity index is 1.23. The van der Waals surface area contributed by atoms with Crippen molar-refractivity contribution in [1.29, 1.82) is 5.26 Å².